The maximum Gasteiger partial charge on any atom is 0.410 e. The molecule has 6 atom stereocenters. The fraction of sp³-hybridized carbons (Fsp3) is 0.625. The van der Waals surface area contributed by atoms with Crippen molar-refractivity contribution in [3.63, 3.8) is 0 Å². The molecule has 2 aromatic rings. The summed E-state index contributed by atoms with van der Waals surface area (Å²) in [5.41, 5.74) is 6.97. The molecule has 170 valence electrons. The van der Waals surface area contributed by atoms with Crippen molar-refractivity contribution in [1.29, 1.82) is 0 Å². The van der Waals surface area contributed by atoms with Crippen LogP contribution in [0.25, 0.3) is 11.0 Å². The molecule has 3 N–H and O–H groups in total. The molecule has 1 saturated heterocycles. The zero-order valence-corrected chi connectivity index (χ0v) is 18.2. The van der Waals surface area contributed by atoms with Crippen LogP contribution in [-0.2, 0) is 9.53 Å². The van der Waals surface area contributed by atoms with Crippen LogP contribution in [0.3, 0.4) is 0 Å². The van der Waals surface area contributed by atoms with Gasteiger partial charge in [0.25, 0.3) is 0 Å². The molecule has 1 aromatic carbocycles. The van der Waals surface area contributed by atoms with E-state index >= 15 is 0 Å². The first-order valence-corrected chi connectivity index (χ1v) is 11.9. The molecular formula is C24H30N4O4. The molecular weight excluding hydrogens is 408 g/mol. The van der Waals surface area contributed by atoms with Crippen molar-refractivity contribution < 1.29 is 14.3 Å². The number of carbonyl (C=O) groups is 2. The van der Waals surface area contributed by atoms with Crippen LogP contribution in [0, 0.1) is 23.2 Å². The summed E-state index contributed by atoms with van der Waals surface area (Å²) in [7, 11) is 0. The Kier molecular flexibility index (Phi) is 4.42. The normalized spacial score (nSPS) is 35.9. The highest BCUT2D eigenvalue weighted by atomic mass is 16.6. The first-order valence-electron chi connectivity index (χ1n) is 11.9. The summed E-state index contributed by atoms with van der Waals surface area (Å²) in [4.78, 5) is 42.6. The summed E-state index contributed by atoms with van der Waals surface area (Å²) in [6.07, 6.45) is 5.74. The molecule has 4 bridgehead atoms. The van der Waals surface area contributed by atoms with Gasteiger partial charge in [0.2, 0.25) is 5.91 Å². The third-order valence-corrected chi connectivity index (χ3v) is 8.70. The number of aromatic amines is 1. The van der Waals surface area contributed by atoms with E-state index in [4.69, 9.17) is 10.5 Å². The molecule has 1 aliphatic heterocycles. The second-order valence-electron chi connectivity index (χ2n) is 10.5. The summed E-state index contributed by atoms with van der Waals surface area (Å²) in [6, 6.07) is 7.58. The minimum absolute atomic E-state index is 0.0643. The summed E-state index contributed by atoms with van der Waals surface area (Å²) in [6.45, 7) is 1.04. The van der Waals surface area contributed by atoms with Gasteiger partial charge in [-0.2, -0.15) is 0 Å². The van der Waals surface area contributed by atoms with Gasteiger partial charge in [0.15, 0.2) is 0 Å². The Labute approximate surface area is 186 Å². The summed E-state index contributed by atoms with van der Waals surface area (Å²) in [5.74, 6) is 0.891. The van der Waals surface area contributed by atoms with E-state index in [0.29, 0.717) is 24.9 Å². The predicted molar refractivity (Wildman–Crippen MR) is 118 cm³/mol. The number of likely N-dealkylation sites (tertiary alicyclic amines) is 1. The minimum Gasteiger partial charge on any atom is -0.446 e. The van der Waals surface area contributed by atoms with Crippen molar-refractivity contribution in [2.24, 2.45) is 28.9 Å². The molecule has 8 heteroatoms. The number of carbonyl (C=O) groups excluding carboxylic acids is 2. The smallest absolute Gasteiger partial charge is 0.410 e. The lowest BCUT2D eigenvalue weighted by molar-refractivity contribution is -0.134. The highest BCUT2D eigenvalue weighted by molar-refractivity contribution is 5.81. The van der Waals surface area contributed by atoms with Gasteiger partial charge in [-0.25, -0.2) is 9.59 Å². The van der Waals surface area contributed by atoms with Crippen LogP contribution >= 0.6 is 0 Å². The van der Waals surface area contributed by atoms with Gasteiger partial charge in [-0.05, 0) is 74.8 Å². The van der Waals surface area contributed by atoms with Crippen LogP contribution in [0.2, 0.25) is 0 Å². The molecule has 5 fully saturated rings. The number of amides is 2. The zero-order chi connectivity index (χ0) is 22.0. The number of hydrogen-bond acceptors (Lipinski definition) is 4. The molecule has 4 aliphatic carbocycles. The molecule has 8 nitrogen and oxygen atoms in total. The number of hydrogen-bond donors (Lipinski definition) is 2. The second kappa shape index (κ2) is 7.12. The molecule has 0 radical (unpaired) electrons. The number of ether oxygens (including phenoxy) is 1. The molecule has 6 unspecified atom stereocenters. The fourth-order valence-electron chi connectivity index (χ4n) is 7.32. The van der Waals surface area contributed by atoms with E-state index in [-0.39, 0.29) is 35.8 Å². The lowest BCUT2D eigenvalue weighted by atomic mass is 9.60. The van der Waals surface area contributed by atoms with Crippen molar-refractivity contribution in [3.05, 3.63) is 34.7 Å². The van der Waals surface area contributed by atoms with Gasteiger partial charge < -0.3 is 20.4 Å². The van der Waals surface area contributed by atoms with Crippen molar-refractivity contribution >= 4 is 23.0 Å². The number of para-hydroxylation sites is 2. The largest absolute Gasteiger partial charge is 0.446 e. The minimum atomic E-state index is -0.404. The lowest BCUT2D eigenvalue weighted by Gasteiger charge is -2.47. The quantitative estimate of drug-likeness (QED) is 0.768. The Morgan fingerprint density at radius 2 is 1.94 bits per heavy atom. The summed E-state index contributed by atoms with van der Waals surface area (Å²) >= 11 is 0. The first-order chi connectivity index (χ1) is 15.4. The topological polar surface area (TPSA) is 110 Å². The van der Waals surface area contributed by atoms with Gasteiger partial charge in [0, 0.05) is 18.5 Å². The Balaban J connectivity index is 1.18. The van der Waals surface area contributed by atoms with E-state index in [0.717, 1.165) is 56.0 Å². The number of rotatable bonds is 3. The van der Waals surface area contributed by atoms with E-state index in [1.165, 1.54) is 0 Å². The third kappa shape index (κ3) is 2.98. The Hall–Kier alpha value is -2.77. The van der Waals surface area contributed by atoms with Crippen molar-refractivity contribution in [2.75, 3.05) is 13.1 Å². The predicted octanol–water partition coefficient (Wildman–Crippen LogP) is 2.78. The lowest BCUT2D eigenvalue weighted by Crippen LogP contribution is -2.49. The number of H-pyrrole nitrogens is 1. The fourth-order valence-corrected chi connectivity index (χ4v) is 7.32. The third-order valence-electron chi connectivity index (χ3n) is 8.70. The van der Waals surface area contributed by atoms with Crippen molar-refractivity contribution in [3.8, 4) is 0 Å². The molecule has 2 amide bonds. The number of nitrogens with two attached hydrogens (primary N) is 1. The standard InChI is InChI=1S/C24H30N4O4/c25-21(29)24-7-5-15-9-14(11-24)10-16(12-24)20(15)32-23(31)27-8-6-17(13-27)28-19-4-2-1-3-18(19)26-22(28)30/h1-4,14-17,20H,5-13H2,(H2,25,29)(H,26,30). The number of imidazole rings is 1. The molecule has 32 heavy (non-hydrogen) atoms. The van der Waals surface area contributed by atoms with Crippen LogP contribution < -0.4 is 11.4 Å². The summed E-state index contributed by atoms with van der Waals surface area (Å²) in [5, 5.41) is 0. The van der Waals surface area contributed by atoms with Crippen LogP contribution in [0.15, 0.2) is 29.1 Å². The van der Waals surface area contributed by atoms with Crippen LogP contribution in [0.5, 0.6) is 0 Å². The SMILES string of the molecule is NC(=O)C12CCC3CC(CC(C1)C3OC(=O)N1CCC(n3c(=O)[nH]c4ccccc43)C1)C2. The Bertz CT molecular complexity index is 1140. The molecule has 1 aromatic heterocycles. The van der Waals surface area contributed by atoms with E-state index in [1.807, 2.05) is 24.3 Å². The van der Waals surface area contributed by atoms with E-state index in [9.17, 15) is 14.4 Å². The van der Waals surface area contributed by atoms with E-state index in [1.54, 1.807) is 9.47 Å². The van der Waals surface area contributed by atoms with Crippen LogP contribution in [0.4, 0.5) is 4.79 Å². The molecule has 0 spiro atoms. The number of nitrogens with one attached hydrogen (secondary N) is 1. The van der Waals surface area contributed by atoms with Crippen LogP contribution in [-0.4, -0.2) is 45.6 Å². The van der Waals surface area contributed by atoms with Gasteiger partial charge >= 0.3 is 11.8 Å². The second-order valence-corrected chi connectivity index (χ2v) is 10.5. The molecule has 4 saturated carbocycles. The molecule has 2 heterocycles. The number of fused-ring (bicyclic) bond motifs is 2. The number of nitrogens with zero attached hydrogens (tertiary/aromatic N) is 2. The van der Waals surface area contributed by atoms with Gasteiger partial charge in [-0.15, -0.1) is 0 Å². The number of primary amides is 1. The van der Waals surface area contributed by atoms with E-state index in [2.05, 4.69) is 4.98 Å². The van der Waals surface area contributed by atoms with Crippen molar-refractivity contribution in [2.45, 2.75) is 57.1 Å². The highest BCUT2D eigenvalue weighted by Gasteiger charge is 2.55. The zero-order valence-electron chi connectivity index (χ0n) is 18.2. The first kappa shape index (κ1) is 19.9. The number of benzene rings is 1. The average Bonchev–Trinajstić information content (AvgIpc) is 3.32. The van der Waals surface area contributed by atoms with Gasteiger partial charge in [-0.3, -0.25) is 9.36 Å². The van der Waals surface area contributed by atoms with Gasteiger partial charge in [0.05, 0.1) is 17.1 Å². The molecule has 7 rings (SSSR count). The number of aromatic nitrogens is 2. The van der Waals surface area contributed by atoms with Gasteiger partial charge in [-0.1, -0.05) is 12.1 Å². The monoisotopic (exact) mass is 438 g/mol. The van der Waals surface area contributed by atoms with Crippen molar-refractivity contribution in [1.82, 2.24) is 14.5 Å². The maximum atomic E-state index is 13.1. The Morgan fingerprint density at radius 3 is 2.78 bits per heavy atom. The summed E-state index contributed by atoms with van der Waals surface area (Å²) < 4.78 is 7.91. The van der Waals surface area contributed by atoms with Gasteiger partial charge in [0.1, 0.15) is 6.10 Å². The van der Waals surface area contributed by atoms with Crippen LogP contribution in [0.1, 0.15) is 51.0 Å². The maximum absolute atomic E-state index is 13.1. The average molecular weight is 439 g/mol. The van der Waals surface area contributed by atoms with E-state index < -0.39 is 5.41 Å². The highest BCUT2D eigenvalue weighted by Crippen LogP contribution is 2.57. The Morgan fingerprint density at radius 1 is 1.12 bits per heavy atom. The molecule has 5 aliphatic rings.